The second kappa shape index (κ2) is 7.14. The van der Waals surface area contributed by atoms with Gasteiger partial charge in [-0.3, -0.25) is 19.5 Å². The molecule has 6 nitrogen and oxygen atoms in total. The molecule has 2 heterocycles. The van der Waals surface area contributed by atoms with Crippen molar-refractivity contribution in [3.05, 3.63) is 54.0 Å². The van der Waals surface area contributed by atoms with Crippen LogP contribution >= 0.6 is 0 Å². The summed E-state index contributed by atoms with van der Waals surface area (Å²) in [6, 6.07) is 8.82. The number of halogens is 1. The quantitative estimate of drug-likeness (QED) is 0.651. The van der Waals surface area contributed by atoms with Gasteiger partial charge in [-0.25, -0.2) is 9.18 Å². The number of imide groups is 1. The van der Waals surface area contributed by atoms with Gasteiger partial charge < -0.3 is 5.32 Å². The fourth-order valence-corrected chi connectivity index (χ4v) is 3.94. The monoisotopic (exact) mass is 381 g/mol. The van der Waals surface area contributed by atoms with Crippen molar-refractivity contribution >= 4 is 17.7 Å². The predicted molar refractivity (Wildman–Crippen MR) is 100 cm³/mol. The van der Waals surface area contributed by atoms with Crippen molar-refractivity contribution in [3.8, 4) is 11.3 Å². The minimum absolute atomic E-state index is 0.269. The highest BCUT2D eigenvalue weighted by Crippen LogP contribution is 2.33. The second-order valence-electron chi connectivity index (χ2n) is 7.30. The van der Waals surface area contributed by atoms with Gasteiger partial charge in [0.05, 0.1) is 12.2 Å². The minimum Gasteiger partial charge on any atom is -0.323 e. The number of benzene rings is 1. The van der Waals surface area contributed by atoms with Crippen LogP contribution < -0.4 is 5.32 Å². The van der Waals surface area contributed by atoms with Gasteiger partial charge in [-0.15, -0.1) is 0 Å². The van der Waals surface area contributed by atoms with Crippen LogP contribution in [0.3, 0.4) is 0 Å². The zero-order chi connectivity index (χ0) is 19.7. The minimum atomic E-state index is -0.845. The molecule has 144 valence electrons. The molecule has 1 aromatic heterocycles. The molecule has 3 amide bonds. The Morgan fingerprint density at radius 2 is 1.86 bits per heavy atom. The third-order valence-electron chi connectivity index (χ3n) is 5.49. The van der Waals surface area contributed by atoms with E-state index in [0.717, 1.165) is 24.2 Å². The smallest absolute Gasteiger partial charge is 0.323 e. The van der Waals surface area contributed by atoms with Crippen LogP contribution in [0.5, 0.6) is 0 Å². The summed E-state index contributed by atoms with van der Waals surface area (Å²) in [6.07, 6.45) is 5.38. The van der Waals surface area contributed by atoms with Crippen LogP contribution in [-0.2, 0) is 4.79 Å². The van der Waals surface area contributed by atoms with Gasteiger partial charge in [-0.1, -0.05) is 31.4 Å². The molecule has 7 heteroatoms. The SMILES string of the molecule is O=C(CN1C(=O)NC2(CCCCC2)C1=O)c1ccc(-c2ccccc2F)nc1. The first-order valence-electron chi connectivity index (χ1n) is 9.38. The number of amides is 3. The van der Waals surface area contributed by atoms with Gasteiger partial charge in [-0.05, 0) is 37.1 Å². The molecule has 2 aliphatic rings. The Morgan fingerprint density at radius 1 is 1.11 bits per heavy atom. The number of carbonyl (C=O) groups is 3. The zero-order valence-electron chi connectivity index (χ0n) is 15.3. The number of nitrogens with zero attached hydrogens (tertiary/aromatic N) is 2. The zero-order valence-corrected chi connectivity index (χ0v) is 15.3. The van der Waals surface area contributed by atoms with E-state index in [1.807, 2.05) is 0 Å². The number of urea groups is 1. The van der Waals surface area contributed by atoms with Crippen LogP contribution in [0.2, 0.25) is 0 Å². The van der Waals surface area contributed by atoms with Gasteiger partial charge in [0.25, 0.3) is 5.91 Å². The number of hydrogen-bond acceptors (Lipinski definition) is 4. The van der Waals surface area contributed by atoms with Crippen molar-refractivity contribution in [2.75, 3.05) is 6.54 Å². The predicted octanol–water partition coefficient (Wildman–Crippen LogP) is 3.33. The molecule has 1 saturated carbocycles. The number of nitrogens with one attached hydrogen (secondary N) is 1. The van der Waals surface area contributed by atoms with Gasteiger partial charge in [0.1, 0.15) is 11.4 Å². The third kappa shape index (κ3) is 3.17. The van der Waals surface area contributed by atoms with Gasteiger partial charge >= 0.3 is 6.03 Å². The van der Waals surface area contributed by atoms with E-state index >= 15 is 0 Å². The highest BCUT2D eigenvalue weighted by Gasteiger charge is 2.51. The molecule has 2 fully saturated rings. The summed E-state index contributed by atoms with van der Waals surface area (Å²) in [4.78, 5) is 42.8. The third-order valence-corrected chi connectivity index (χ3v) is 5.49. The van der Waals surface area contributed by atoms with Crippen molar-refractivity contribution in [1.82, 2.24) is 15.2 Å². The van der Waals surface area contributed by atoms with Crippen molar-refractivity contribution < 1.29 is 18.8 Å². The van der Waals surface area contributed by atoms with Gasteiger partial charge in [0, 0.05) is 17.3 Å². The van der Waals surface area contributed by atoms with Gasteiger partial charge in [0.15, 0.2) is 5.78 Å². The lowest BCUT2D eigenvalue weighted by Crippen LogP contribution is -2.48. The van der Waals surface area contributed by atoms with Crippen molar-refractivity contribution in [2.45, 2.75) is 37.6 Å². The van der Waals surface area contributed by atoms with E-state index in [1.165, 1.54) is 18.3 Å². The Bertz CT molecular complexity index is 936. The van der Waals surface area contributed by atoms with Crippen LogP contribution in [-0.4, -0.2) is 39.7 Å². The second-order valence-corrected chi connectivity index (χ2v) is 7.30. The largest absolute Gasteiger partial charge is 0.325 e. The molecule has 28 heavy (non-hydrogen) atoms. The molecule has 2 aromatic rings. The maximum Gasteiger partial charge on any atom is 0.325 e. The summed E-state index contributed by atoms with van der Waals surface area (Å²) in [5, 5.41) is 2.79. The highest BCUT2D eigenvalue weighted by molar-refractivity contribution is 6.11. The number of ketones is 1. The lowest BCUT2D eigenvalue weighted by molar-refractivity contribution is -0.132. The van der Waals surface area contributed by atoms with Crippen LogP contribution in [0.4, 0.5) is 9.18 Å². The summed E-state index contributed by atoms with van der Waals surface area (Å²) in [7, 11) is 0. The standard InChI is InChI=1S/C21H20FN3O3/c22-16-7-3-2-6-15(16)17-9-8-14(12-23-17)18(26)13-25-19(27)21(24-20(25)28)10-4-1-5-11-21/h2-3,6-9,12H,1,4-5,10-11,13H2,(H,24,28). The van der Waals surface area contributed by atoms with E-state index in [4.69, 9.17) is 0 Å². The highest BCUT2D eigenvalue weighted by atomic mass is 19.1. The summed E-state index contributed by atoms with van der Waals surface area (Å²) in [6.45, 7) is -0.326. The van der Waals surface area contributed by atoms with E-state index in [2.05, 4.69) is 10.3 Å². The average Bonchev–Trinajstić information content (AvgIpc) is 2.93. The molecule has 1 saturated heterocycles. The molecule has 1 aliphatic heterocycles. The lowest BCUT2D eigenvalue weighted by Gasteiger charge is -2.30. The number of aromatic nitrogens is 1. The normalized spacial score (nSPS) is 18.4. The van der Waals surface area contributed by atoms with Crippen molar-refractivity contribution in [1.29, 1.82) is 0 Å². The summed E-state index contributed by atoms with van der Waals surface area (Å²) in [5.74, 6) is -1.10. The molecule has 0 bridgehead atoms. The summed E-state index contributed by atoms with van der Waals surface area (Å²) < 4.78 is 13.9. The topological polar surface area (TPSA) is 79.4 Å². The average molecular weight is 381 g/mol. The fourth-order valence-electron chi connectivity index (χ4n) is 3.94. The van der Waals surface area contributed by atoms with E-state index < -0.39 is 17.4 Å². The summed E-state index contributed by atoms with van der Waals surface area (Å²) in [5.41, 5.74) is 0.175. The maximum atomic E-state index is 13.9. The molecule has 1 aromatic carbocycles. The Hall–Kier alpha value is -3.09. The van der Waals surface area contributed by atoms with Crippen LogP contribution in [0.25, 0.3) is 11.3 Å². The first kappa shape index (κ1) is 18.3. The number of pyridine rings is 1. The Balaban J connectivity index is 1.49. The summed E-state index contributed by atoms with van der Waals surface area (Å²) >= 11 is 0. The first-order chi connectivity index (χ1) is 13.5. The number of hydrogen-bond donors (Lipinski definition) is 1. The molecular formula is C21H20FN3O3. The Labute approximate surface area is 161 Å². The van der Waals surface area contributed by atoms with Gasteiger partial charge in [-0.2, -0.15) is 0 Å². The van der Waals surface area contributed by atoms with E-state index in [0.29, 0.717) is 24.1 Å². The number of rotatable bonds is 4. The molecule has 1 aliphatic carbocycles. The van der Waals surface area contributed by atoms with Crippen molar-refractivity contribution in [3.63, 3.8) is 0 Å². The Kier molecular flexibility index (Phi) is 4.66. The molecule has 1 spiro atoms. The molecular weight excluding hydrogens is 361 g/mol. The van der Waals surface area contributed by atoms with E-state index in [9.17, 15) is 18.8 Å². The van der Waals surface area contributed by atoms with E-state index in [1.54, 1.807) is 24.3 Å². The molecule has 4 rings (SSSR count). The van der Waals surface area contributed by atoms with Crippen molar-refractivity contribution in [2.24, 2.45) is 0 Å². The van der Waals surface area contributed by atoms with Crippen LogP contribution in [0.15, 0.2) is 42.6 Å². The molecule has 0 unspecified atom stereocenters. The number of Topliss-reactive ketones (excluding diaryl/α,β-unsaturated/α-hetero) is 1. The first-order valence-corrected chi connectivity index (χ1v) is 9.38. The van der Waals surface area contributed by atoms with Crippen LogP contribution in [0.1, 0.15) is 42.5 Å². The van der Waals surface area contributed by atoms with Gasteiger partial charge in [0.2, 0.25) is 0 Å². The molecule has 0 radical (unpaired) electrons. The Morgan fingerprint density at radius 3 is 2.54 bits per heavy atom. The van der Waals surface area contributed by atoms with E-state index in [-0.39, 0.29) is 23.8 Å². The lowest BCUT2D eigenvalue weighted by atomic mass is 9.82. The molecule has 0 atom stereocenters. The maximum absolute atomic E-state index is 13.9. The number of carbonyl (C=O) groups excluding carboxylic acids is 3. The van der Waals surface area contributed by atoms with Crippen LogP contribution in [0, 0.1) is 5.82 Å². The molecule has 1 N–H and O–H groups in total. The fraction of sp³-hybridized carbons (Fsp3) is 0.333.